The summed E-state index contributed by atoms with van der Waals surface area (Å²) in [5, 5.41) is 3.10. The number of likely N-dealkylation sites (N-methyl/N-ethyl adjacent to an activating group) is 1. The van der Waals surface area contributed by atoms with Crippen molar-refractivity contribution in [3.05, 3.63) is 0 Å². The molecule has 0 unspecified atom stereocenters. The number of carbonyl (C=O) groups excluding carboxylic acids is 1. The van der Waals surface area contributed by atoms with Crippen molar-refractivity contribution in [3.63, 3.8) is 0 Å². The molecule has 0 saturated carbocycles. The highest BCUT2D eigenvalue weighted by atomic mass is 16.2. The summed E-state index contributed by atoms with van der Waals surface area (Å²) in [6, 6.07) is 0. The van der Waals surface area contributed by atoms with E-state index in [4.69, 9.17) is 0 Å². The van der Waals surface area contributed by atoms with E-state index in [0.29, 0.717) is 12.5 Å². The van der Waals surface area contributed by atoms with Crippen LogP contribution in [0.4, 0.5) is 0 Å². The Hall–Kier alpha value is -0.570. The first kappa shape index (κ1) is 12.4. The molecule has 0 bridgehead atoms. The molecule has 0 aromatic carbocycles. The molecule has 1 N–H and O–H groups in total. The molecule has 0 saturated heterocycles. The van der Waals surface area contributed by atoms with Gasteiger partial charge in [-0.2, -0.15) is 0 Å². The summed E-state index contributed by atoms with van der Waals surface area (Å²) in [7, 11) is 1.86. The first-order valence-electron chi connectivity index (χ1n) is 5.02. The van der Waals surface area contributed by atoms with Gasteiger partial charge in [0.25, 0.3) is 0 Å². The van der Waals surface area contributed by atoms with Crippen molar-refractivity contribution >= 4 is 5.91 Å². The Kier molecular flexibility index (Phi) is 6.59. The number of amides is 1. The van der Waals surface area contributed by atoms with Crippen LogP contribution in [0.15, 0.2) is 0 Å². The van der Waals surface area contributed by atoms with Crippen LogP contribution in [0.1, 0.15) is 27.2 Å². The molecule has 0 aliphatic rings. The van der Waals surface area contributed by atoms with Crippen LogP contribution in [-0.2, 0) is 4.79 Å². The fourth-order valence-electron chi connectivity index (χ4n) is 1.16. The predicted octanol–water partition coefficient (Wildman–Crippen LogP) is 1.10. The Morgan fingerprint density at radius 1 is 1.46 bits per heavy atom. The number of carbonyl (C=O) groups is 1. The predicted molar refractivity (Wildman–Crippen MR) is 55.6 cm³/mol. The van der Waals surface area contributed by atoms with E-state index in [1.165, 1.54) is 0 Å². The third kappa shape index (κ3) is 6.58. The van der Waals surface area contributed by atoms with Crippen LogP contribution in [0.2, 0.25) is 0 Å². The number of nitrogens with one attached hydrogen (secondary N) is 1. The molecule has 0 radical (unpaired) electrons. The van der Waals surface area contributed by atoms with Crippen molar-refractivity contribution in [1.82, 2.24) is 10.2 Å². The van der Waals surface area contributed by atoms with Crippen molar-refractivity contribution in [2.75, 3.05) is 26.7 Å². The van der Waals surface area contributed by atoms with Crippen LogP contribution in [0, 0.1) is 5.92 Å². The van der Waals surface area contributed by atoms with Crippen molar-refractivity contribution in [2.45, 2.75) is 27.2 Å². The highest BCUT2D eigenvalue weighted by molar-refractivity contribution is 5.77. The standard InChI is InChI=1S/C10H22N2O/c1-5-6-11-7-10(13)12(4)8-9(2)3/h9,11H,5-8H2,1-4H3. The van der Waals surface area contributed by atoms with Gasteiger partial charge in [-0.1, -0.05) is 20.8 Å². The number of hydrogen-bond donors (Lipinski definition) is 1. The zero-order valence-electron chi connectivity index (χ0n) is 9.26. The summed E-state index contributed by atoms with van der Waals surface area (Å²) in [5.74, 6) is 0.724. The third-order valence-corrected chi connectivity index (χ3v) is 1.77. The monoisotopic (exact) mass is 186 g/mol. The number of nitrogens with zero attached hydrogens (tertiary/aromatic N) is 1. The Morgan fingerprint density at radius 2 is 2.08 bits per heavy atom. The lowest BCUT2D eigenvalue weighted by atomic mass is 10.2. The minimum absolute atomic E-state index is 0.183. The van der Waals surface area contributed by atoms with E-state index in [-0.39, 0.29) is 5.91 Å². The third-order valence-electron chi connectivity index (χ3n) is 1.77. The van der Waals surface area contributed by atoms with Crippen molar-refractivity contribution < 1.29 is 4.79 Å². The van der Waals surface area contributed by atoms with Gasteiger partial charge in [-0.25, -0.2) is 0 Å². The van der Waals surface area contributed by atoms with Crippen molar-refractivity contribution in [2.24, 2.45) is 5.92 Å². The van der Waals surface area contributed by atoms with Crippen LogP contribution >= 0.6 is 0 Å². The Bertz CT molecular complexity index is 146. The fraction of sp³-hybridized carbons (Fsp3) is 0.900. The molecule has 0 aliphatic heterocycles. The van der Waals surface area contributed by atoms with Crippen molar-refractivity contribution in [1.29, 1.82) is 0 Å². The summed E-state index contributed by atoms with van der Waals surface area (Å²) in [5.41, 5.74) is 0. The molecular formula is C10H22N2O. The van der Waals surface area contributed by atoms with E-state index < -0.39 is 0 Å². The zero-order valence-corrected chi connectivity index (χ0v) is 9.26. The van der Waals surface area contributed by atoms with Gasteiger partial charge in [0.2, 0.25) is 5.91 Å². The van der Waals surface area contributed by atoms with Gasteiger partial charge in [0.1, 0.15) is 0 Å². The molecule has 0 rings (SSSR count). The van der Waals surface area contributed by atoms with E-state index in [1.54, 1.807) is 4.90 Å². The van der Waals surface area contributed by atoms with Crippen LogP contribution in [0.3, 0.4) is 0 Å². The van der Waals surface area contributed by atoms with Crippen LogP contribution in [0.5, 0.6) is 0 Å². The van der Waals surface area contributed by atoms with Gasteiger partial charge in [0.15, 0.2) is 0 Å². The molecule has 13 heavy (non-hydrogen) atoms. The molecule has 0 aliphatic carbocycles. The zero-order chi connectivity index (χ0) is 10.3. The van der Waals surface area contributed by atoms with Crippen LogP contribution in [0.25, 0.3) is 0 Å². The van der Waals surface area contributed by atoms with Gasteiger partial charge in [-0.3, -0.25) is 4.79 Å². The van der Waals surface area contributed by atoms with E-state index >= 15 is 0 Å². The maximum Gasteiger partial charge on any atom is 0.236 e. The van der Waals surface area contributed by atoms with Crippen LogP contribution in [-0.4, -0.2) is 37.5 Å². The van der Waals surface area contributed by atoms with E-state index in [0.717, 1.165) is 19.5 Å². The summed E-state index contributed by atoms with van der Waals surface area (Å²) < 4.78 is 0. The first-order valence-corrected chi connectivity index (χ1v) is 5.02. The minimum Gasteiger partial charge on any atom is -0.344 e. The normalized spacial score (nSPS) is 10.5. The Balaban J connectivity index is 3.57. The molecule has 3 heteroatoms. The summed E-state index contributed by atoms with van der Waals surface area (Å²) in [6.45, 7) is 8.55. The molecule has 0 aromatic heterocycles. The molecule has 0 fully saturated rings. The summed E-state index contributed by atoms with van der Waals surface area (Å²) >= 11 is 0. The van der Waals surface area contributed by atoms with Crippen LogP contribution < -0.4 is 5.32 Å². The van der Waals surface area contributed by atoms with Crippen molar-refractivity contribution in [3.8, 4) is 0 Å². The highest BCUT2D eigenvalue weighted by Crippen LogP contribution is 1.95. The van der Waals surface area contributed by atoms with Gasteiger partial charge in [0.05, 0.1) is 6.54 Å². The van der Waals surface area contributed by atoms with E-state index in [1.807, 2.05) is 7.05 Å². The average Bonchev–Trinajstić information content (AvgIpc) is 2.03. The molecule has 0 aromatic rings. The fourth-order valence-corrected chi connectivity index (χ4v) is 1.16. The van der Waals surface area contributed by atoms with Gasteiger partial charge >= 0.3 is 0 Å². The van der Waals surface area contributed by atoms with Gasteiger partial charge < -0.3 is 10.2 Å². The summed E-state index contributed by atoms with van der Waals surface area (Å²) in [4.78, 5) is 13.2. The Labute approximate surface area is 81.5 Å². The minimum atomic E-state index is 0.183. The maximum absolute atomic E-state index is 11.4. The molecule has 0 atom stereocenters. The van der Waals surface area contributed by atoms with E-state index in [9.17, 15) is 4.79 Å². The molecule has 3 nitrogen and oxygen atoms in total. The molecule has 0 heterocycles. The lowest BCUT2D eigenvalue weighted by Crippen LogP contribution is -2.37. The molecule has 78 valence electrons. The highest BCUT2D eigenvalue weighted by Gasteiger charge is 2.08. The van der Waals surface area contributed by atoms with E-state index in [2.05, 4.69) is 26.1 Å². The number of rotatable bonds is 6. The number of hydrogen-bond acceptors (Lipinski definition) is 2. The second-order valence-electron chi connectivity index (χ2n) is 3.84. The lowest BCUT2D eigenvalue weighted by Gasteiger charge is -2.19. The molecule has 1 amide bonds. The largest absolute Gasteiger partial charge is 0.344 e. The topological polar surface area (TPSA) is 32.3 Å². The smallest absolute Gasteiger partial charge is 0.236 e. The second kappa shape index (κ2) is 6.89. The average molecular weight is 186 g/mol. The first-order chi connectivity index (χ1) is 6.07. The maximum atomic E-state index is 11.4. The molecular weight excluding hydrogens is 164 g/mol. The summed E-state index contributed by atoms with van der Waals surface area (Å²) in [6.07, 6.45) is 1.07. The Morgan fingerprint density at radius 3 is 2.54 bits per heavy atom. The quantitative estimate of drug-likeness (QED) is 0.630. The second-order valence-corrected chi connectivity index (χ2v) is 3.84. The molecule has 0 spiro atoms. The SMILES string of the molecule is CCCNCC(=O)N(C)CC(C)C. The lowest BCUT2D eigenvalue weighted by molar-refractivity contribution is -0.129. The van der Waals surface area contributed by atoms with Gasteiger partial charge in [-0.15, -0.1) is 0 Å². The van der Waals surface area contributed by atoms with Gasteiger partial charge in [-0.05, 0) is 18.9 Å². The van der Waals surface area contributed by atoms with Gasteiger partial charge in [0, 0.05) is 13.6 Å².